The molecule has 2 aliphatic heterocycles. The molecule has 0 fully saturated rings. The Morgan fingerprint density at radius 1 is 0.806 bits per heavy atom. The lowest BCUT2D eigenvalue weighted by molar-refractivity contribution is -0.120. The van der Waals surface area contributed by atoms with Crippen molar-refractivity contribution < 1.29 is 27.8 Å². The Labute approximate surface area is 175 Å². The molecule has 0 atom stereocenters. The van der Waals surface area contributed by atoms with E-state index in [-0.39, 0.29) is 23.8 Å². The predicted molar refractivity (Wildman–Crippen MR) is 108 cm³/mol. The fraction of sp³-hybridized carbons (Fsp3) is 0.0435. The topological polar surface area (TPSA) is 67.9 Å². The molecule has 0 spiro atoms. The number of rotatable bonds is 4. The van der Waals surface area contributed by atoms with Gasteiger partial charge < -0.3 is 14.8 Å². The van der Waals surface area contributed by atoms with Gasteiger partial charge in [-0.05, 0) is 29.8 Å². The lowest BCUT2D eigenvalue weighted by Crippen LogP contribution is -2.32. The second-order valence-corrected chi connectivity index (χ2v) is 6.85. The summed E-state index contributed by atoms with van der Waals surface area (Å²) < 4.78 is 37.8. The standard InChI is InChI=1S/C23H14F2N2O4/c24-16-8-7-15(11-17(16)25)27-22(28)20(13-4-2-1-3-5-13)21(23(27)29)26-14-6-9-18-19(10-14)31-12-30-18/h1-11,26H,12H2. The number of hydrogen-bond donors (Lipinski definition) is 1. The van der Waals surface area contributed by atoms with Crippen LogP contribution >= 0.6 is 0 Å². The van der Waals surface area contributed by atoms with Crippen molar-refractivity contribution in [3.05, 3.63) is 89.6 Å². The summed E-state index contributed by atoms with van der Waals surface area (Å²) in [6.07, 6.45) is 0. The van der Waals surface area contributed by atoms with E-state index in [9.17, 15) is 18.4 Å². The van der Waals surface area contributed by atoms with Crippen LogP contribution in [0.15, 0.2) is 72.4 Å². The molecule has 154 valence electrons. The van der Waals surface area contributed by atoms with Crippen LogP contribution in [0.5, 0.6) is 11.5 Å². The number of carbonyl (C=O) groups is 2. The maximum absolute atomic E-state index is 13.8. The van der Waals surface area contributed by atoms with Crippen molar-refractivity contribution in [3.8, 4) is 11.5 Å². The third kappa shape index (κ3) is 3.18. The predicted octanol–water partition coefficient (Wildman–Crippen LogP) is 4.09. The molecule has 0 saturated heterocycles. The van der Waals surface area contributed by atoms with Crippen LogP contribution < -0.4 is 19.7 Å². The molecule has 5 rings (SSSR count). The molecule has 0 aromatic heterocycles. The van der Waals surface area contributed by atoms with Crippen LogP contribution in [0.2, 0.25) is 0 Å². The number of fused-ring (bicyclic) bond motifs is 1. The van der Waals surface area contributed by atoms with Crippen molar-refractivity contribution in [1.29, 1.82) is 0 Å². The Morgan fingerprint density at radius 3 is 2.35 bits per heavy atom. The van der Waals surface area contributed by atoms with Gasteiger partial charge in [-0.2, -0.15) is 0 Å². The Morgan fingerprint density at radius 2 is 1.58 bits per heavy atom. The number of anilines is 2. The van der Waals surface area contributed by atoms with Crippen molar-refractivity contribution in [2.75, 3.05) is 17.0 Å². The molecule has 2 heterocycles. The minimum Gasteiger partial charge on any atom is -0.454 e. The molecule has 1 N–H and O–H groups in total. The quantitative estimate of drug-likeness (QED) is 0.644. The van der Waals surface area contributed by atoms with E-state index >= 15 is 0 Å². The normalized spacial score (nSPS) is 15.1. The first-order valence-corrected chi connectivity index (χ1v) is 9.33. The highest BCUT2D eigenvalue weighted by Crippen LogP contribution is 2.37. The molecule has 3 aromatic rings. The highest BCUT2D eigenvalue weighted by atomic mass is 19.2. The molecule has 31 heavy (non-hydrogen) atoms. The molecule has 6 nitrogen and oxygen atoms in total. The van der Waals surface area contributed by atoms with E-state index in [2.05, 4.69) is 5.32 Å². The monoisotopic (exact) mass is 420 g/mol. The van der Waals surface area contributed by atoms with Crippen LogP contribution in [-0.2, 0) is 9.59 Å². The third-order valence-electron chi connectivity index (χ3n) is 4.95. The minimum absolute atomic E-state index is 0.0137. The number of nitrogens with one attached hydrogen (secondary N) is 1. The second-order valence-electron chi connectivity index (χ2n) is 6.85. The Bertz CT molecular complexity index is 1260. The average Bonchev–Trinajstić information content (AvgIpc) is 3.33. The number of imide groups is 1. The third-order valence-corrected chi connectivity index (χ3v) is 4.95. The number of ether oxygens (including phenoxy) is 2. The lowest BCUT2D eigenvalue weighted by Gasteiger charge is -2.15. The Balaban J connectivity index is 1.59. The fourth-order valence-electron chi connectivity index (χ4n) is 3.50. The zero-order chi connectivity index (χ0) is 21.5. The highest BCUT2D eigenvalue weighted by molar-refractivity contribution is 6.46. The van der Waals surface area contributed by atoms with Gasteiger partial charge in [0, 0.05) is 17.8 Å². The number of amides is 2. The summed E-state index contributed by atoms with van der Waals surface area (Å²) in [7, 11) is 0. The summed E-state index contributed by atoms with van der Waals surface area (Å²) in [5.41, 5.74) is 1.08. The van der Waals surface area contributed by atoms with Crippen LogP contribution in [-0.4, -0.2) is 18.6 Å². The van der Waals surface area contributed by atoms with Gasteiger partial charge >= 0.3 is 0 Å². The van der Waals surface area contributed by atoms with E-state index in [1.165, 1.54) is 6.07 Å². The molecule has 2 amide bonds. The summed E-state index contributed by atoms with van der Waals surface area (Å²) in [5.74, 6) is -2.49. The Kier molecular flexibility index (Phi) is 4.39. The van der Waals surface area contributed by atoms with Crippen LogP contribution in [0, 0.1) is 11.6 Å². The van der Waals surface area contributed by atoms with Crippen LogP contribution in [0.4, 0.5) is 20.2 Å². The largest absolute Gasteiger partial charge is 0.454 e. The van der Waals surface area contributed by atoms with Crippen molar-refractivity contribution in [3.63, 3.8) is 0 Å². The molecule has 0 bridgehead atoms. The highest BCUT2D eigenvalue weighted by Gasteiger charge is 2.40. The lowest BCUT2D eigenvalue weighted by atomic mass is 10.0. The van der Waals surface area contributed by atoms with Gasteiger partial charge in [-0.1, -0.05) is 30.3 Å². The van der Waals surface area contributed by atoms with Crippen LogP contribution in [0.3, 0.4) is 0 Å². The number of halogens is 2. The second kappa shape index (κ2) is 7.24. The molecule has 0 unspecified atom stereocenters. The fourth-order valence-corrected chi connectivity index (χ4v) is 3.50. The van der Waals surface area contributed by atoms with Crippen molar-refractivity contribution in [2.24, 2.45) is 0 Å². The van der Waals surface area contributed by atoms with Crippen LogP contribution in [0.1, 0.15) is 5.56 Å². The van der Waals surface area contributed by atoms with E-state index in [1.807, 2.05) is 0 Å². The maximum atomic E-state index is 13.8. The van der Waals surface area contributed by atoms with Gasteiger partial charge in [0.1, 0.15) is 5.70 Å². The molecular formula is C23H14F2N2O4. The van der Waals surface area contributed by atoms with E-state index in [0.29, 0.717) is 22.7 Å². The molecule has 0 aliphatic carbocycles. The number of nitrogens with zero attached hydrogens (tertiary/aromatic N) is 1. The zero-order valence-corrected chi connectivity index (χ0v) is 15.9. The number of benzene rings is 3. The zero-order valence-electron chi connectivity index (χ0n) is 15.9. The van der Waals surface area contributed by atoms with Gasteiger partial charge in [-0.3, -0.25) is 9.59 Å². The first kappa shape index (κ1) is 18.8. The molecule has 0 saturated carbocycles. The number of hydrogen-bond acceptors (Lipinski definition) is 5. The van der Waals surface area contributed by atoms with Gasteiger partial charge in [0.25, 0.3) is 11.8 Å². The number of carbonyl (C=O) groups excluding carboxylic acids is 2. The van der Waals surface area contributed by atoms with Gasteiger partial charge in [0.05, 0.1) is 11.3 Å². The van der Waals surface area contributed by atoms with E-state index in [4.69, 9.17) is 9.47 Å². The molecule has 8 heteroatoms. The van der Waals surface area contributed by atoms with Gasteiger partial charge in [-0.15, -0.1) is 0 Å². The smallest absolute Gasteiger partial charge is 0.282 e. The molecular weight excluding hydrogens is 406 g/mol. The van der Waals surface area contributed by atoms with Crippen LogP contribution in [0.25, 0.3) is 5.57 Å². The van der Waals surface area contributed by atoms with Crippen molar-refractivity contribution >= 4 is 28.8 Å². The van der Waals surface area contributed by atoms with Gasteiger partial charge in [0.2, 0.25) is 6.79 Å². The summed E-state index contributed by atoms with van der Waals surface area (Å²) in [4.78, 5) is 27.3. The van der Waals surface area contributed by atoms with E-state index in [0.717, 1.165) is 17.0 Å². The molecule has 2 aliphatic rings. The molecule has 3 aromatic carbocycles. The molecule has 0 radical (unpaired) electrons. The van der Waals surface area contributed by atoms with E-state index < -0.39 is 23.4 Å². The SMILES string of the molecule is O=C1C(Nc2ccc3c(c2)OCO3)=C(c2ccccc2)C(=O)N1c1ccc(F)c(F)c1. The maximum Gasteiger partial charge on any atom is 0.282 e. The van der Waals surface area contributed by atoms with Crippen molar-refractivity contribution in [2.45, 2.75) is 0 Å². The van der Waals surface area contributed by atoms with E-state index in [1.54, 1.807) is 48.5 Å². The Hall–Kier alpha value is -4.20. The summed E-state index contributed by atoms with van der Waals surface area (Å²) in [6.45, 7) is 0.0953. The summed E-state index contributed by atoms with van der Waals surface area (Å²) >= 11 is 0. The van der Waals surface area contributed by atoms with Crippen molar-refractivity contribution in [1.82, 2.24) is 0 Å². The average molecular weight is 420 g/mol. The summed E-state index contributed by atoms with van der Waals surface area (Å²) in [5, 5.41) is 2.99. The van der Waals surface area contributed by atoms with Gasteiger partial charge in [-0.25, -0.2) is 13.7 Å². The summed E-state index contributed by atoms with van der Waals surface area (Å²) in [6, 6.07) is 16.5. The van der Waals surface area contributed by atoms with Gasteiger partial charge in [0.15, 0.2) is 23.1 Å². The minimum atomic E-state index is -1.16. The first-order valence-electron chi connectivity index (χ1n) is 9.33. The first-order chi connectivity index (χ1) is 15.0.